The zero-order valence-electron chi connectivity index (χ0n) is 12.2. The molecule has 0 radical (unpaired) electrons. The Morgan fingerprint density at radius 1 is 1.25 bits per heavy atom. The highest BCUT2D eigenvalue weighted by molar-refractivity contribution is 5.95. The molecule has 1 saturated carbocycles. The molecule has 1 aliphatic carbocycles. The van der Waals surface area contributed by atoms with Crippen LogP contribution in [0.5, 0.6) is 0 Å². The molecule has 0 aromatic heterocycles. The first-order valence-corrected chi connectivity index (χ1v) is 7.84. The van der Waals surface area contributed by atoms with E-state index in [-0.39, 0.29) is 5.92 Å². The Labute approximate surface area is 121 Å². The number of piperidine rings is 1. The Morgan fingerprint density at radius 2 is 2.00 bits per heavy atom. The topological polar surface area (TPSA) is 32.3 Å². The number of para-hydroxylation sites is 1. The van der Waals surface area contributed by atoms with Crippen LogP contribution >= 0.6 is 0 Å². The number of hydrogen-bond acceptors (Lipinski definition) is 2. The van der Waals surface area contributed by atoms with Gasteiger partial charge in [0.1, 0.15) is 0 Å². The number of hydrogen-bond donors (Lipinski definition) is 1. The second kappa shape index (κ2) is 5.96. The summed E-state index contributed by atoms with van der Waals surface area (Å²) >= 11 is 0. The molecular formula is C17H24N2O. The van der Waals surface area contributed by atoms with Gasteiger partial charge in [0.2, 0.25) is 5.91 Å². The Morgan fingerprint density at radius 3 is 2.65 bits per heavy atom. The van der Waals surface area contributed by atoms with E-state index >= 15 is 0 Å². The fourth-order valence-corrected chi connectivity index (χ4v) is 3.07. The number of anilines is 1. The van der Waals surface area contributed by atoms with Gasteiger partial charge in [0.05, 0.1) is 0 Å². The van der Waals surface area contributed by atoms with E-state index in [1.54, 1.807) is 0 Å². The van der Waals surface area contributed by atoms with E-state index in [0.29, 0.717) is 11.9 Å². The van der Waals surface area contributed by atoms with E-state index in [2.05, 4.69) is 24.4 Å². The molecule has 1 aromatic carbocycles. The summed E-state index contributed by atoms with van der Waals surface area (Å²) < 4.78 is 0. The predicted octanol–water partition coefficient (Wildman–Crippen LogP) is 2.82. The summed E-state index contributed by atoms with van der Waals surface area (Å²) in [7, 11) is 0. The van der Waals surface area contributed by atoms with E-state index in [1.165, 1.54) is 12.8 Å². The summed E-state index contributed by atoms with van der Waals surface area (Å²) in [5.74, 6) is 1.24. The Balaban J connectivity index is 1.75. The number of carbonyl (C=O) groups excluding carboxylic acids is 1. The van der Waals surface area contributed by atoms with Gasteiger partial charge < -0.3 is 10.2 Å². The average molecular weight is 272 g/mol. The van der Waals surface area contributed by atoms with Crippen molar-refractivity contribution < 1.29 is 4.79 Å². The monoisotopic (exact) mass is 272 g/mol. The van der Waals surface area contributed by atoms with Crippen LogP contribution in [0.1, 0.15) is 32.6 Å². The third-order valence-electron chi connectivity index (χ3n) is 4.44. The molecule has 108 valence electrons. The highest BCUT2D eigenvalue weighted by atomic mass is 16.2. The van der Waals surface area contributed by atoms with Crippen molar-refractivity contribution in [2.24, 2.45) is 11.8 Å². The molecule has 2 atom stereocenters. The summed E-state index contributed by atoms with van der Waals surface area (Å²) in [6.07, 6.45) is 4.49. The number of nitrogens with zero attached hydrogens (tertiary/aromatic N) is 1. The third kappa shape index (κ3) is 3.21. The van der Waals surface area contributed by atoms with E-state index in [0.717, 1.165) is 37.5 Å². The van der Waals surface area contributed by atoms with Crippen molar-refractivity contribution in [1.29, 1.82) is 0 Å². The summed E-state index contributed by atoms with van der Waals surface area (Å²) in [6, 6.07) is 10.6. The second-order valence-electron chi connectivity index (χ2n) is 6.30. The normalized spacial score (nSPS) is 26.2. The molecule has 1 amide bonds. The number of amides is 1. The van der Waals surface area contributed by atoms with Gasteiger partial charge in [-0.25, -0.2) is 0 Å². The zero-order chi connectivity index (χ0) is 13.9. The van der Waals surface area contributed by atoms with Crippen LogP contribution in [-0.4, -0.2) is 25.0 Å². The van der Waals surface area contributed by atoms with Gasteiger partial charge in [-0.2, -0.15) is 0 Å². The minimum Gasteiger partial charge on any atom is -0.314 e. The maximum absolute atomic E-state index is 12.9. The molecule has 3 nitrogen and oxygen atoms in total. The maximum atomic E-state index is 12.9. The van der Waals surface area contributed by atoms with Gasteiger partial charge in [-0.3, -0.25) is 4.79 Å². The maximum Gasteiger partial charge on any atom is 0.230 e. The number of nitrogens with one attached hydrogen (secondary N) is 1. The van der Waals surface area contributed by atoms with Gasteiger partial charge in [-0.15, -0.1) is 0 Å². The Kier molecular flexibility index (Phi) is 4.06. The fourth-order valence-electron chi connectivity index (χ4n) is 3.07. The molecule has 3 heteroatoms. The van der Waals surface area contributed by atoms with Crippen molar-refractivity contribution in [2.45, 2.75) is 38.6 Å². The lowest BCUT2D eigenvalue weighted by atomic mass is 9.91. The van der Waals surface area contributed by atoms with Crippen LogP contribution in [0.4, 0.5) is 5.69 Å². The molecule has 1 heterocycles. The first-order valence-electron chi connectivity index (χ1n) is 7.84. The molecule has 2 aliphatic rings. The van der Waals surface area contributed by atoms with Crippen molar-refractivity contribution in [1.82, 2.24) is 5.32 Å². The van der Waals surface area contributed by atoms with Crippen molar-refractivity contribution >= 4 is 11.6 Å². The van der Waals surface area contributed by atoms with E-state index in [4.69, 9.17) is 0 Å². The third-order valence-corrected chi connectivity index (χ3v) is 4.44. The first kappa shape index (κ1) is 13.6. The van der Waals surface area contributed by atoms with Gasteiger partial charge in [0.15, 0.2) is 0 Å². The quantitative estimate of drug-likeness (QED) is 0.914. The minimum absolute atomic E-state index is 0.185. The lowest BCUT2D eigenvalue weighted by molar-refractivity contribution is -0.123. The van der Waals surface area contributed by atoms with Crippen LogP contribution in [0.3, 0.4) is 0 Å². The summed E-state index contributed by atoms with van der Waals surface area (Å²) in [5, 5.41) is 3.43. The summed E-state index contributed by atoms with van der Waals surface area (Å²) in [5.41, 5.74) is 1.07. The molecule has 1 saturated heterocycles. The van der Waals surface area contributed by atoms with Crippen LogP contribution in [0.25, 0.3) is 0 Å². The molecule has 2 fully saturated rings. The first-order chi connectivity index (χ1) is 9.74. The minimum atomic E-state index is 0.185. The second-order valence-corrected chi connectivity index (χ2v) is 6.30. The van der Waals surface area contributed by atoms with E-state index in [1.807, 2.05) is 23.1 Å². The van der Waals surface area contributed by atoms with Crippen LogP contribution in [-0.2, 0) is 4.79 Å². The largest absolute Gasteiger partial charge is 0.314 e. The van der Waals surface area contributed by atoms with Crippen LogP contribution in [0, 0.1) is 11.8 Å². The van der Waals surface area contributed by atoms with Crippen molar-refractivity contribution in [2.75, 3.05) is 18.0 Å². The van der Waals surface area contributed by atoms with Gasteiger partial charge >= 0.3 is 0 Å². The lowest BCUT2D eigenvalue weighted by Gasteiger charge is -2.32. The highest BCUT2D eigenvalue weighted by Gasteiger charge is 2.33. The molecule has 20 heavy (non-hydrogen) atoms. The Bertz CT molecular complexity index is 455. The molecule has 1 N–H and O–H groups in total. The molecule has 3 rings (SSSR count). The van der Waals surface area contributed by atoms with Gasteiger partial charge in [0.25, 0.3) is 0 Å². The van der Waals surface area contributed by atoms with Crippen LogP contribution in [0.2, 0.25) is 0 Å². The standard InChI is InChI=1S/C17H24N2O/c1-13-11-15(9-10-18-13)17(20)19(12-14-7-8-14)16-5-3-2-4-6-16/h2-6,13-15,18H,7-12H2,1H3/t13-,15-/m0/s1. The van der Waals surface area contributed by atoms with Crippen molar-refractivity contribution in [3.63, 3.8) is 0 Å². The molecule has 0 bridgehead atoms. The molecule has 1 aliphatic heterocycles. The average Bonchev–Trinajstić information content (AvgIpc) is 3.29. The van der Waals surface area contributed by atoms with Crippen molar-refractivity contribution in [3.8, 4) is 0 Å². The number of benzene rings is 1. The highest BCUT2D eigenvalue weighted by Crippen LogP contribution is 2.33. The smallest absolute Gasteiger partial charge is 0.230 e. The lowest BCUT2D eigenvalue weighted by Crippen LogP contribution is -2.45. The van der Waals surface area contributed by atoms with Gasteiger partial charge in [-0.1, -0.05) is 18.2 Å². The molecule has 0 spiro atoms. The SMILES string of the molecule is C[C@H]1C[C@@H](C(=O)N(CC2CC2)c2ccccc2)CCN1. The van der Waals surface area contributed by atoms with Crippen molar-refractivity contribution in [3.05, 3.63) is 30.3 Å². The van der Waals surface area contributed by atoms with Crippen LogP contribution < -0.4 is 10.2 Å². The van der Waals surface area contributed by atoms with E-state index < -0.39 is 0 Å². The zero-order valence-corrected chi connectivity index (χ0v) is 12.2. The number of rotatable bonds is 4. The van der Waals surface area contributed by atoms with E-state index in [9.17, 15) is 4.79 Å². The molecule has 1 aromatic rings. The predicted molar refractivity (Wildman–Crippen MR) is 81.7 cm³/mol. The van der Waals surface area contributed by atoms with Gasteiger partial charge in [-0.05, 0) is 57.2 Å². The fraction of sp³-hybridized carbons (Fsp3) is 0.588. The number of carbonyl (C=O) groups is 1. The molecular weight excluding hydrogens is 248 g/mol. The Hall–Kier alpha value is -1.35. The molecule has 0 unspecified atom stereocenters. The summed E-state index contributed by atoms with van der Waals surface area (Å²) in [6.45, 7) is 4.04. The van der Waals surface area contributed by atoms with Gasteiger partial charge in [0, 0.05) is 24.2 Å². The summed E-state index contributed by atoms with van der Waals surface area (Å²) in [4.78, 5) is 14.9. The van der Waals surface area contributed by atoms with Crippen LogP contribution in [0.15, 0.2) is 30.3 Å².